The van der Waals surface area contributed by atoms with E-state index in [0.717, 1.165) is 77.0 Å². The van der Waals surface area contributed by atoms with Gasteiger partial charge in [-0.2, -0.15) is 0 Å². The van der Waals surface area contributed by atoms with Crippen LogP contribution in [0.3, 0.4) is 0 Å². The third-order valence-corrected chi connectivity index (χ3v) is 12.1. The predicted molar refractivity (Wildman–Crippen MR) is 274 cm³/mol. The number of hydrogen-bond donors (Lipinski definition) is 1. The minimum absolute atomic E-state index is 0.0693. The molecule has 0 aliphatic rings. The molecule has 0 bridgehead atoms. The first kappa shape index (κ1) is 60.6. The van der Waals surface area contributed by atoms with E-state index in [4.69, 9.17) is 9.47 Å². The molecule has 1 N–H and O–H groups in total. The molecule has 0 radical (unpaired) electrons. The van der Waals surface area contributed by atoms with Crippen LogP contribution in [-0.2, 0) is 19.1 Å². The summed E-state index contributed by atoms with van der Waals surface area (Å²) in [5, 5.41) is 9.64. The summed E-state index contributed by atoms with van der Waals surface area (Å²) in [5.41, 5.74) is 0. The minimum atomic E-state index is -0.779. The zero-order valence-corrected chi connectivity index (χ0v) is 41.8. The van der Waals surface area contributed by atoms with Crippen LogP contribution in [0.5, 0.6) is 0 Å². The van der Waals surface area contributed by atoms with E-state index in [2.05, 4.69) is 74.6 Å². The summed E-state index contributed by atoms with van der Waals surface area (Å²) >= 11 is 0. The van der Waals surface area contributed by atoms with E-state index in [9.17, 15) is 14.7 Å². The van der Waals surface area contributed by atoms with Gasteiger partial charge in [-0.25, -0.2) is 0 Å². The number of carbonyl (C=O) groups excluding carboxylic acids is 2. The molecule has 0 aliphatic carbocycles. The third kappa shape index (κ3) is 52.1. The Morgan fingerprint density at radius 2 is 0.683 bits per heavy atom. The van der Waals surface area contributed by atoms with Crippen LogP contribution >= 0.6 is 0 Å². The van der Waals surface area contributed by atoms with Crippen LogP contribution in [-0.4, -0.2) is 36.4 Å². The van der Waals surface area contributed by atoms with Gasteiger partial charge in [0.25, 0.3) is 0 Å². The van der Waals surface area contributed by atoms with Gasteiger partial charge in [0.15, 0.2) is 6.10 Å². The van der Waals surface area contributed by atoms with Crippen LogP contribution < -0.4 is 0 Å². The van der Waals surface area contributed by atoms with Gasteiger partial charge >= 0.3 is 11.9 Å². The van der Waals surface area contributed by atoms with E-state index in [1.165, 1.54) is 173 Å². The van der Waals surface area contributed by atoms with E-state index in [1.54, 1.807) is 0 Å². The predicted octanol–water partition coefficient (Wildman–Crippen LogP) is 18.2. The molecule has 5 heteroatoms. The Morgan fingerprint density at radius 3 is 1.03 bits per heavy atom. The monoisotopic (exact) mass is 881 g/mol. The fourth-order valence-corrected chi connectivity index (χ4v) is 8.00. The Hall–Kier alpha value is -2.40. The Labute approximate surface area is 391 Å². The molecule has 0 spiro atoms. The summed E-state index contributed by atoms with van der Waals surface area (Å²) in [5.74, 6) is -0.593. The van der Waals surface area contributed by atoms with Crippen molar-refractivity contribution in [1.29, 1.82) is 0 Å². The van der Waals surface area contributed by atoms with Crippen molar-refractivity contribution in [2.75, 3.05) is 13.2 Å². The summed E-state index contributed by atoms with van der Waals surface area (Å²) in [6.45, 7) is 4.05. The van der Waals surface area contributed by atoms with Crippen molar-refractivity contribution >= 4 is 11.9 Å². The Balaban J connectivity index is 3.48. The minimum Gasteiger partial charge on any atom is -0.462 e. The molecule has 0 aromatic carbocycles. The summed E-state index contributed by atoms with van der Waals surface area (Å²) in [4.78, 5) is 24.5. The molecule has 1 unspecified atom stereocenters. The summed E-state index contributed by atoms with van der Waals surface area (Å²) < 4.78 is 10.7. The van der Waals surface area contributed by atoms with Gasteiger partial charge in [-0.3, -0.25) is 9.59 Å². The van der Waals surface area contributed by atoms with Gasteiger partial charge in [0.2, 0.25) is 0 Å². The smallest absolute Gasteiger partial charge is 0.306 e. The number of aliphatic hydroxyl groups is 1. The fourth-order valence-electron chi connectivity index (χ4n) is 8.00. The lowest BCUT2D eigenvalue weighted by molar-refractivity contribution is -0.161. The second kappa shape index (κ2) is 53.9. The Kier molecular flexibility index (Phi) is 51.9. The molecule has 0 aliphatic heterocycles. The highest BCUT2D eigenvalue weighted by atomic mass is 16.6. The van der Waals surface area contributed by atoms with Gasteiger partial charge in [0.05, 0.1) is 6.61 Å². The van der Waals surface area contributed by atoms with Crippen molar-refractivity contribution in [2.45, 2.75) is 283 Å². The first-order chi connectivity index (χ1) is 31.1. The molecule has 0 saturated carbocycles. The molecule has 0 fully saturated rings. The molecule has 0 rings (SSSR count). The lowest BCUT2D eigenvalue weighted by atomic mass is 10.0. The van der Waals surface area contributed by atoms with Crippen molar-refractivity contribution in [3.8, 4) is 0 Å². The maximum absolute atomic E-state index is 12.3. The number of rotatable bonds is 50. The van der Waals surface area contributed by atoms with E-state index in [-0.39, 0.29) is 25.2 Å². The van der Waals surface area contributed by atoms with Gasteiger partial charge < -0.3 is 14.6 Å². The van der Waals surface area contributed by atoms with Gasteiger partial charge in [0, 0.05) is 12.8 Å². The molecule has 0 heterocycles. The summed E-state index contributed by atoms with van der Waals surface area (Å²) in [6, 6.07) is 0. The topological polar surface area (TPSA) is 72.8 Å². The fraction of sp³-hybridized carbons (Fsp3) is 0.793. The normalized spacial score (nSPS) is 12.6. The second-order valence-electron chi connectivity index (χ2n) is 18.3. The molecule has 1 atom stereocenters. The van der Waals surface area contributed by atoms with Crippen molar-refractivity contribution < 1.29 is 24.2 Å². The second-order valence-corrected chi connectivity index (χ2v) is 18.3. The largest absolute Gasteiger partial charge is 0.462 e. The number of unbranched alkanes of at least 4 members (excludes halogenated alkanes) is 32. The summed E-state index contributed by atoms with van der Waals surface area (Å²) in [6.07, 6.45) is 71.9. The quantitative estimate of drug-likeness (QED) is 0.0374. The van der Waals surface area contributed by atoms with Crippen molar-refractivity contribution in [3.63, 3.8) is 0 Å². The first-order valence-electron chi connectivity index (χ1n) is 27.3. The van der Waals surface area contributed by atoms with Crippen molar-refractivity contribution in [2.24, 2.45) is 0 Å². The highest BCUT2D eigenvalue weighted by Gasteiger charge is 2.16. The lowest BCUT2D eigenvalue weighted by Crippen LogP contribution is -2.28. The number of allylic oxidation sites excluding steroid dienone is 10. The van der Waals surface area contributed by atoms with E-state index >= 15 is 0 Å². The molecule has 366 valence electrons. The van der Waals surface area contributed by atoms with Crippen LogP contribution in [0.1, 0.15) is 277 Å². The molecular formula is C58H104O5. The number of esters is 2. The molecule has 0 aromatic rings. The first-order valence-corrected chi connectivity index (χ1v) is 27.3. The van der Waals surface area contributed by atoms with Crippen LogP contribution in [0, 0.1) is 0 Å². The zero-order valence-electron chi connectivity index (χ0n) is 41.8. The Morgan fingerprint density at radius 1 is 0.381 bits per heavy atom. The Bertz CT molecular complexity index is 1090. The van der Waals surface area contributed by atoms with Crippen LogP contribution in [0.25, 0.3) is 0 Å². The van der Waals surface area contributed by atoms with Crippen LogP contribution in [0.4, 0.5) is 0 Å². The standard InChI is InChI=1S/C58H104O5/c1-3-5-7-9-11-13-15-17-19-21-23-25-27-28-29-31-32-34-36-38-40-42-44-46-48-50-52-57(60)62-55-56(54-59)63-58(61)53-51-49-47-45-43-41-39-37-35-33-30-26-24-22-20-18-16-14-12-10-8-6-4-2/h6,8,12,14,18,20,24,26,33,35,56,59H,3-5,7,9-11,13,15-17,19,21-23,25,27-32,34,36-55H2,1-2H3/b8-6-,14-12-,20-18-,26-24-,35-33-. The molecule has 0 saturated heterocycles. The van der Waals surface area contributed by atoms with Gasteiger partial charge in [-0.1, -0.05) is 267 Å². The molecule has 0 amide bonds. The van der Waals surface area contributed by atoms with E-state index in [1.807, 2.05) is 0 Å². The summed E-state index contributed by atoms with van der Waals surface area (Å²) in [7, 11) is 0. The van der Waals surface area contributed by atoms with E-state index < -0.39 is 6.10 Å². The molecular weight excluding hydrogens is 777 g/mol. The maximum atomic E-state index is 12.3. The van der Waals surface area contributed by atoms with E-state index in [0.29, 0.717) is 12.8 Å². The SMILES string of the molecule is CC/C=C\C/C=C\C/C=C\C/C=C\C/C=C\CCCCCCCCCC(=O)OC(CO)COC(=O)CCCCCCCCCCCCCCCCCCCCCCCCCCCC. The van der Waals surface area contributed by atoms with Crippen molar-refractivity contribution in [1.82, 2.24) is 0 Å². The molecule has 0 aromatic heterocycles. The maximum Gasteiger partial charge on any atom is 0.306 e. The highest BCUT2D eigenvalue weighted by molar-refractivity contribution is 5.70. The van der Waals surface area contributed by atoms with Crippen LogP contribution in [0.2, 0.25) is 0 Å². The number of ether oxygens (including phenoxy) is 2. The van der Waals surface area contributed by atoms with Gasteiger partial charge in [-0.05, 0) is 57.8 Å². The lowest BCUT2D eigenvalue weighted by Gasteiger charge is -2.15. The van der Waals surface area contributed by atoms with Crippen molar-refractivity contribution in [3.05, 3.63) is 60.8 Å². The number of aliphatic hydroxyl groups excluding tert-OH is 1. The molecule has 5 nitrogen and oxygen atoms in total. The average molecular weight is 881 g/mol. The van der Waals surface area contributed by atoms with Gasteiger partial charge in [-0.15, -0.1) is 0 Å². The average Bonchev–Trinajstić information content (AvgIpc) is 3.29. The van der Waals surface area contributed by atoms with Crippen LogP contribution in [0.15, 0.2) is 60.8 Å². The number of hydrogen-bond acceptors (Lipinski definition) is 5. The zero-order chi connectivity index (χ0) is 45.6. The number of carbonyl (C=O) groups is 2. The third-order valence-electron chi connectivity index (χ3n) is 12.1. The van der Waals surface area contributed by atoms with Gasteiger partial charge in [0.1, 0.15) is 6.61 Å². The molecule has 63 heavy (non-hydrogen) atoms. The highest BCUT2D eigenvalue weighted by Crippen LogP contribution is 2.17.